The van der Waals surface area contributed by atoms with E-state index in [9.17, 15) is 9.59 Å². The van der Waals surface area contributed by atoms with Gasteiger partial charge in [0, 0.05) is 6.42 Å². The summed E-state index contributed by atoms with van der Waals surface area (Å²) in [6.07, 6.45) is 6.06. The van der Waals surface area contributed by atoms with E-state index < -0.39 is 5.92 Å². The summed E-state index contributed by atoms with van der Waals surface area (Å²) >= 11 is 0. The van der Waals surface area contributed by atoms with E-state index in [0.29, 0.717) is 12.8 Å². The molecular weight excluding hydrogens is 204 g/mol. The van der Waals surface area contributed by atoms with E-state index in [0.717, 1.165) is 32.1 Å². The molecule has 0 saturated heterocycles. The quantitative estimate of drug-likeness (QED) is 0.346. The van der Waals surface area contributed by atoms with Crippen molar-refractivity contribution in [2.24, 2.45) is 5.92 Å². The Bertz CT molecular complexity index is 211. The van der Waals surface area contributed by atoms with Crippen LogP contribution in [0, 0.1) is 5.92 Å². The minimum absolute atomic E-state index is 0.0498. The van der Waals surface area contributed by atoms with Crippen molar-refractivity contribution < 1.29 is 14.3 Å². The largest absolute Gasteiger partial charge is 0.468 e. The number of methoxy groups -OCH3 is 1. The Hall–Kier alpha value is -0.860. The second kappa shape index (κ2) is 9.37. The molecule has 0 aromatic rings. The number of esters is 1. The molecule has 0 N–H and O–H groups in total. The predicted molar refractivity (Wildman–Crippen MR) is 64.2 cm³/mol. The van der Waals surface area contributed by atoms with Crippen molar-refractivity contribution in [1.29, 1.82) is 0 Å². The smallest absolute Gasteiger partial charge is 0.316 e. The fourth-order valence-electron chi connectivity index (χ4n) is 1.68. The Morgan fingerprint density at radius 3 is 2.19 bits per heavy atom. The van der Waals surface area contributed by atoms with E-state index >= 15 is 0 Å². The number of hydrogen-bond donors (Lipinski definition) is 0. The maximum atomic E-state index is 11.8. The molecular formula is C13H24O3. The van der Waals surface area contributed by atoms with E-state index in [4.69, 9.17) is 0 Å². The van der Waals surface area contributed by atoms with Gasteiger partial charge in [-0.05, 0) is 12.8 Å². The molecule has 0 radical (unpaired) electrons. The zero-order valence-electron chi connectivity index (χ0n) is 10.8. The average molecular weight is 228 g/mol. The standard InChI is InChI=1S/C13H24O3/c1-4-6-8-10-12(14)11(9-7-5-2)13(15)16-3/h11H,4-10H2,1-3H3. The number of Topliss-reactive ketones (excluding diaryl/α,β-unsaturated/α-hetero) is 1. The van der Waals surface area contributed by atoms with E-state index in [2.05, 4.69) is 18.6 Å². The summed E-state index contributed by atoms with van der Waals surface area (Å²) in [6.45, 7) is 4.15. The molecule has 94 valence electrons. The molecule has 0 saturated carbocycles. The Labute approximate surface area is 98.6 Å². The van der Waals surface area contributed by atoms with Crippen molar-refractivity contribution in [3.8, 4) is 0 Å². The normalized spacial score (nSPS) is 12.2. The molecule has 0 aromatic heterocycles. The van der Waals surface area contributed by atoms with Crippen LogP contribution >= 0.6 is 0 Å². The number of hydrogen-bond acceptors (Lipinski definition) is 3. The third-order valence-electron chi connectivity index (χ3n) is 2.75. The summed E-state index contributed by atoms with van der Waals surface area (Å²) in [5.74, 6) is -0.842. The van der Waals surface area contributed by atoms with Crippen LogP contribution in [0.25, 0.3) is 0 Å². The van der Waals surface area contributed by atoms with Gasteiger partial charge >= 0.3 is 5.97 Å². The summed E-state index contributed by atoms with van der Waals surface area (Å²) in [5, 5.41) is 0. The number of unbranched alkanes of at least 4 members (excludes halogenated alkanes) is 3. The van der Waals surface area contributed by atoms with Gasteiger partial charge in [0.1, 0.15) is 11.7 Å². The van der Waals surface area contributed by atoms with E-state index in [1.54, 1.807) is 0 Å². The Kier molecular flexibility index (Phi) is 8.87. The molecule has 0 amide bonds. The van der Waals surface area contributed by atoms with Crippen molar-refractivity contribution in [1.82, 2.24) is 0 Å². The van der Waals surface area contributed by atoms with Gasteiger partial charge in [0.25, 0.3) is 0 Å². The summed E-state index contributed by atoms with van der Waals surface area (Å²) in [6, 6.07) is 0. The van der Waals surface area contributed by atoms with Crippen LogP contribution in [-0.4, -0.2) is 18.9 Å². The molecule has 0 bridgehead atoms. The topological polar surface area (TPSA) is 43.4 Å². The van der Waals surface area contributed by atoms with Crippen LogP contribution in [0.15, 0.2) is 0 Å². The molecule has 0 fully saturated rings. The highest BCUT2D eigenvalue weighted by atomic mass is 16.5. The summed E-state index contributed by atoms with van der Waals surface area (Å²) in [4.78, 5) is 23.3. The minimum Gasteiger partial charge on any atom is -0.468 e. The minimum atomic E-state index is -0.526. The molecule has 0 spiro atoms. The monoisotopic (exact) mass is 228 g/mol. The van der Waals surface area contributed by atoms with Crippen molar-refractivity contribution in [3.63, 3.8) is 0 Å². The summed E-state index contributed by atoms with van der Waals surface area (Å²) < 4.78 is 4.68. The molecule has 3 heteroatoms. The van der Waals surface area contributed by atoms with Crippen LogP contribution in [0.5, 0.6) is 0 Å². The molecule has 1 atom stereocenters. The fraction of sp³-hybridized carbons (Fsp3) is 0.846. The van der Waals surface area contributed by atoms with Gasteiger partial charge in [0.15, 0.2) is 0 Å². The molecule has 0 rings (SSSR count). The first kappa shape index (κ1) is 15.1. The SMILES string of the molecule is CCCCCC(=O)C(CCCC)C(=O)OC. The van der Waals surface area contributed by atoms with Crippen molar-refractivity contribution >= 4 is 11.8 Å². The maximum absolute atomic E-state index is 11.8. The van der Waals surface area contributed by atoms with Crippen LogP contribution in [-0.2, 0) is 14.3 Å². The first-order valence-electron chi connectivity index (χ1n) is 6.27. The zero-order chi connectivity index (χ0) is 12.4. The van der Waals surface area contributed by atoms with Gasteiger partial charge in [-0.25, -0.2) is 0 Å². The zero-order valence-corrected chi connectivity index (χ0v) is 10.8. The molecule has 1 unspecified atom stereocenters. The third kappa shape index (κ3) is 5.89. The van der Waals surface area contributed by atoms with Gasteiger partial charge in [-0.2, -0.15) is 0 Å². The first-order chi connectivity index (χ1) is 7.67. The number of carbonyl (C=O) groups is 2. The molecule has 0 aliphatic heterocycles. The lowest BCUT2D eigenvalue weighted by atomic mass is 9.94. The van der Waals surface area contributed by atoms with Gasteiger partial charge in [-0.3, -0.25) is 9.59 Å². The Balaban J connectivity index is 4.15. The van der Waals surface area contributed by atoms with Crippen LogP contribution in [0.4, 0.5) is 0 Å². The van der Waals surface area contributed by atoms with Crippen molar-refractivity contribution in [2.75, 3.05) is 7.11 Å². The third-order valence-corrected chi connectivity index (χ3v) is 2.75. The lowest BCUT2D eigenvalue weighted by Crippen LogP contribution is -2.25. The van der Waals surface area contributed by atoms with Gasteiger partial charge in [0.05, 0.1) is 7.11 Å². The van der Waals surface area contributed by atoms with Gasteiger partial charge in [-0.1, -0.05) is 39.5 Å². The molecule has 0 heterocycles. The van der Waals surface area contributed by atoms with Crippen LogP contribution in [0.2, 0.25) is 0 Å². The number of carbonyl (C=O) groups excluding carboxylic acids is 2. The van der Waals surface area contributed by atoms with E-state index in [1.165, 1.54) is 7.11 Å². The van der Waals surface area contributed by atoms with Crippen LogP contribution in [0.3, 0.4) is 0 Å². The lowest BCUT2D eigenvalue weighted by Gasteiger charge is -2.12. The maximum Gasteiger partial charge on any atom is 0.316 e. The first-order valence-corrected chi connectivity index (χ1v) is 6.27. The Morgan fingerprint density at radius 2 is 1.69 bits per heavy atom. The number of rotatable bonds is 9. The highest BCUT2D eigenvalue weighted by Crippen LogP contribution is 2.15. The Morgan fingerprint density at radius 1 is 1.06 bits per heavy atom. The van der Waals surface area contributed by atoms with Gasteiger partial charge < -0.3 is 4.74 Å². The molecule has 0 aliphatic carbocycles. The molecule has 0 aromatic carbocycles. The summed E-state index contributed by atoms with van der Waals surface area (Å²) in [5.41, 5.74) is 0. The lowest BCUT2D eigenvalue weighted by molar-refractivity contribution is -0.149. The van der Waals surface area contributed by atoms with Gasteiger partial charge in [0.2, 0.25) is 0 Å². The van der Waals surface area contributed by atoms with Crippen molar-refractivity contribution in [3.05, 3.63) is 0 Å². The molecule has 3 nitrogen and oxygen atoms in total. The second-order valence-corrected chi connectivity index (χ2v) is 4.14. The van der Waals surface area contributed by atoms with E-state index in [-0.39, 0.29) is 11.8 Å². The highest BCUT2D eigenvalue weighted by Gasteiger charge is 2.25. The van der Waals surface area contributed by atoms with Crippen molar-refractivity contribution in [2.45, 2.75) is 58.8 Å². The van der Waals surface area contributed by atoms with Crippen LogP contribution < -0.4 is 0 Å². The highest BCUT2D eigenvalue weighted by molar-refractivity contribution is 5.98. The van der Waals surface area contributed by atoms with Crippen LogP contribution in [0.1, 0.15) is 58.8 Å². The van der Waals surface area contributed by atoms with Gasteiger partial charge in [-0.15, -0.1) is 0 Å². The molecule has 0 aliphatic rings. The number of ether oxygens (including phenoxy) is 1. The average Bonchev–Trinajstić information content (AvgIpc) is 2.29. The number of ketones is 1. The fourth-order valence-corrected chi connectivity index (χ4v) is 1.68. The van der Waals surface area contributed by atoms with E-state index in [1.807, 2.05) is 0 Å². The summed E-state index contributed by atoms with van der Waals surface area (Å²) in [7, 11) is 1.35. The second-order valence-electron chi connectivity index (χ2n) is 4.14. The predicted octanol–water partition coefficient (Wildman–Crippen LogP) is 3.12. The molecule has 16 heavy (non-hydrogen) atoms.